The zero-order valence-electron chi connectivity index (χ0n) is 12.4. The van der Waals surface area contributed by atoms with E-state index in [0.717, 1.165) is 0 Å². The number of amides is 1. The highest BCUT2D eigenvalue weighted by Gasteiger charge is 2.14. The van der Waals surface area contributed by atoms with E-state index in [-0.39, 0.29) is 5.91 Å². The second kappa shape index (κ2) is 6.49. The first-order chi connectivity index (χ1) is 11.2. The van der Waals surface area contributed by atoms with Gasteiger partial charge in [-0.3, -0.25) is 10.1 Å². The number of nitrogens with zero attached hydrogens (tertiary/aromatic N) is 2. The maximum atomic E-state index is 12.3. The first kappa shape index (κ1) is 15.0. The molecule has 0 radical (unpaired) electrons. The molecule has 7 nitrogen and oxygen atoms in total. The maximum absolute atomic E-state index is 12.3. The molecular weight excluding hydrogens is 318 g/mol. The van der Waals surface area contributed by atoms with Crippen molar-refractivity contribution >= 4 is 22.4 Å². The van der Waals surface area contributed by atoms with E-state index in [9.17, 15) is 4.79 Å². The van der Waals surface area contributed by atoms with Crippen molar-refractivity contribution < 1.29 is 18.7 Å². The van der Waals surface area contributed by atoms with Crippen LogP contribution in [0.5, 0.6) is 11.5 Å². The van der Waals surface area contributed by atoms with Crippen LogP contribution in [0.4, 0.5) is 5.13 Å². The van der Waals surface area contributed by atoms with E-state index in [1.54, 1.807) is 36.6 Å². The molecular formula is C15H13N3O4S. The molecule has 8 heteroatoms. The van der Waals surface area contributed by atoms with Gasteiger partial charge in [0.25, 0.3) is 5.91 Å². The molecule has 23 heavy (non-hydrogen) atoms. The molecule has 3 aromatic rings. The first-order valence-corrected chi connectivity index (χ1v) is 7.43. The molecule has 3 rings (SSSR count). The summed E-state index contributed by atoms with van der Waals surface area (Å²) in [5.41, 5.74) is 0.399. The Hall–Kier alpha value is -2.87. The highest BCUT2D eigenvalue weighted by atomic mass is 32.1. The van der Waals surface area contributed by atoms with Crippen LogP contribution < -0.4 is 14.8 Å². The molecule has 0 aliphatic carbocycles. The number of methoxy groups -OCH3 is 2. The summed E-state index contributed by atoms with van der Waals surface area (Å²) in [6.45, 7) is 0. The molecule has 0 aliphatic rings. The van der Waals surface area contributed by atoms with E-state index >= 15 is 0 Å². The number of anilines is 1. The summed E-state index contributed by atoms with van der Waals surface area (Å²) < 4.78 is 15.6. The lowest BCUT2D eigenvalue weighted by molar-refractivity contribution is 0.102. The molecule has 1 amide bonds. The number of furan rings is 1. The van der Waals surface area contributed by atoms with E-state index in [1.807, 2.05) is 0 Å². The van der Waals surface area contributed by atoms with Crippen LogP contribution in [0.25, 0.3) is 10.8 Å². The SMILES string of the molecule is COc1cc(OC)cc(C(=O)Nc2nnc(-c3ccco3)s2)c1. The van der Waals surface area contributed by atoms with Crippen LogP contribution in [0.1, 0.15) is 10.4 Å². The lowest BCUT2D eigenvalue weighted by Gasteiger charge is -2.07. The van der Waals surface area contributed by atoms with Gasteiger partial charge >= 0.3 is 0 Å². The van der Waals surface area contributed by atoms with Crippen LogP contribution in [0.2, 0.25) is 0 Å². The molecule has 2 aromatic heterocycles. The molecule has 0 saturated heterocycles. The predicted octanol–water partition coefficient (Wildman–Crippen LogP) is 3.07. The first-order valence-electron chi connectivity index (χ1n) is 6.61. The lowest BCUT2D eigenvalue weighted by atomic mass is 10.2. The van der Waals surface area contributed by atoms with Crippen molar-refractivity contribution in [3.8, 4) is 22.3 Å². The number of aromatic nitrogens is 2. The number of hydrogen-bond acceptors (Lipinski definition) is 7. The molecule has 0 spiro atoms. The van der Waals surface area contributed by atoms with Gasteiger partial charge in [0.2, 0.25) is 5.13 Å². The van der Waals surface area contributed by atoms with Crippen LogP contribution >= 0.6 is 11.3 Å². The van der Waals surface area contributed by atoms with E-state index < -0.39 is 0 Å². The molecule has 1 N–H and O–H groups in total. The molecule has 0 bridgehead atoms. The van der Waals surface area contributed by atoms with Gasteiger partial charge in [0, 0.05) is 11.6 Å². The maximum Gasteiger partial charge on any atom is 0.257 e. The second-order valence-electron chi connectivity index (χ2n) is 4.45. The number of ether oxygens (including phenoxy) is 2. The third kappa shape index (κ3) is 3.32. The van der Waals surface area contributed by atoms with Gasteiger partial charge in [-0.15, -0.1) is 10.2 Å². The monoisotopic (exact) mass is 331 g/mol. The Bertz CT molecular complexity index is 792. The molecule has 0 atom stereocenters. The molecule has 0 aliphatic heterocycles. The predicted molar refractivity (Wildman–Crippen MR) is 85.1 cm³/mol. The van der Waals surface area contributed by atoms with Gasteiger partial charge in [0.15, 0.2) is 10.8 Å². The third-order valence-corrected chi connectivity index (χ3v) is 3.84. The lowest BCUT2D eigenvalue weighted by Crippen LogP contribution is -2.12. The fraction of sp³-hybridized carbons (Fsp3) is 0.133. The summed E-state index contributed by atoms with van der Waals surface area (Å²) in [4.78, 5) is 12.3. The molecule has 2 heterocycles. The zero-order chi connectivity index (χ0) is 16.2. The molecule has 1 aromatic carbocycles. The minimum absolute atomic E-state index is 0.329. The van der Waals surface area contributed by atoms with Crippen molar-refractivity contribution in [3.05, 3.63) is 42.2 Å². The topological polar surface area (TPSA) is 86.5 Å². The van der Waals surface area contributed by atoms with E-state index in [4.69, 9.17) is 13.9 Å². The van der Waals surface area contributed by atoms with Crippen molar-refractivity contribution in [2.24, 2.45) is 0 Å². The fourth-order valence-corrected chi connectivity index (χ4v) is 2.59. The molecule has 0 unspecified atom stereocenters. The van der Waals surface area contributed by atoms with Crippen LogP contribution in [0.3, 0.4) is 0 Å². The van der Waals surface area contributed by atoms with Crippen LogP contribution in [-0.4, -0.2) is 30.3 Å². The van der Waals surface area contributed by atoms with Crippen molar-refractivity contribution in [3.63, 3.8) is 0 Å². The van der Waals surface area contributed by atoms with Gasteiger partial charge < -0.3 is 13.9 Å². The Labute approximate surface area is 135 Å². The van der Waals surface area contributed by atoms with E-state index in [1.165, 1.54) is 25.6 Å². The fourth-order valence-electron chi connectivity index (χ4n) is 1.88. The van der Waals surface area contributed by atoms with Crippen LogP contribution in [0, 0.1) is 0 Å². The Morgan fingerprint density at radius 3 is 2.52 bits per heavy atom. The Morgan fingerprint density at radius 1 is 1.17 bits per heavy atom. The Balaban J connectivity index is 1.79. The summed E-state index contributed by atoms with van der Waals surface area (Å²) >= 11 is 1.22. The van der Waals surface area contributed by atoms with Gasteiger partial charge in [-0.05, 0) is 24.3 Å². The number of carbonyl (C=O) groups excluding carboxylic acids is 1. The minimum Gasteiger partial charge on any atom is -0.497 e. The zero-order valence-corrected chi connectivity index (χ0v) is 13.2. The average Bonchev–Trinajstić information content (AvgIpc) is 3.25. The smallest absolute Gasteiger partial charge is 0.257 e. The van der Waals surface area contributed by atoms with Crippen molar-refractivity contribution in [1.29, 1.82) is 0 Å². The molecule has 0 saturated carbocycles. The summed E-state index contributed by atoms with van der Waals surface area (Å²) in [5.74, 6) is 1.33. The van der Waals surface area contributed by atoms with Gasteiger partial charge in [0.1, 0.15) is 11.5 Å². The third-order valence-electron chi connectivity index (χ3n) is 2.99. The van der Waals surface area contributed by atoms with E-state index in [0.29, 0.717) is 33.0 Å². The largest absolute Gasteiger partial charge is 0.497 e. The minimum atomic E-state index is -0.329. The van der Waals surface area contributed by atoms with E-state index in [2.05, 4.69) is 15.5 Å². The number of hydrogen-bond donors (Lipinski definition) is 1. The van der Waals surface area contributed by atoms with Gasteiger partial charge in [-0.1, -0.05) is 11.3 Å². The Morgan fingerprint density at radius 2 is 1.91 bits per heavy atom. The van der Waals surface area contributed by atoms with Gasteiger partial charge in [-0.2, -0.15) is 0 Å². The molecule has 118 valence electrons. The van der Waals surface area contributed by atoms with Crippen molar-refractivity contribution in [2.45, 2.75) is 0 Å². The normalized spacial score (nSPS) is 10.3. The Kier molecular flexibility index (Phi) is 4.24. The summed E-state index contributed by atoms with van der Waals surface area (Å²) in [6, 6.07) is 8.46. The average molecular weight is 331 g/mol. The number of nitrogens with one attached hydrogen (secondary N) is 1. The number of carbonyl (C=O) groups is 1. The second-order valence-corrected chi connectivity index (χ2v) is 5.42. The van der Waals surface area contributed by atoms with Crippen molar-refractivity contribution in [2.75, 3.05) is 19.5 Å². The number of rotatable bonds is 5. The van der Waals surface area contributed by atoms with Gasteiger partial charge in [0.05, 0.1) is 20.5 Å². The summed E-state index contributed by atoms with van der Waals surface area (Å²) in [6.07, 6.45) is 1.55. The standard InChI is InChI=1S/C15H13N3O4S/c1-20-10-6-9(7-11(8-10)21-2)13(19)16-15-18-17-14(23-15)12-4-3-5-22-12/h3-8H,1-2H3,(H,16,18,19). The highest BCUT2D eigenvalue weighted by Crippen LogP contribution is 2.27. The van der Waals surface area contributed by atoms with Gasteiger partial charge in [-0.25, -0.2) is 0 Å². The molecule has 0 fully saturated rings. The number of benzene rings is 1. The quantitative estimate of drug-likeness (QED) is 0.773. The summed E-state index contributed by atoms with van der Waals surface area (Å²) in [5, 5.41) is 11.6. The summed E-state index contributed by atoms with van der Waals surface area (Å²) in [7, 11) is 3.05. The van der Waals surface area contributed by atoms with Crippen molar-refractivity contribution in [1.82, 2.24) is 10.2 Å². The highest BCUT2D eigenvalue weighted by molar-refractivity contribution is 7.18. The van der Waals surface area contributed by atoms with Crippen LogP contribution in [-0.2, 0) is 0 Å². The van der Waals surface area contributed by atoms with Crippen LogP contribution in [0.15, 0.2) is 41.0 Å².